The van der Waals surface area contributed by atoms with Crippen LogP contribution >= 0.6 is 11.8 Å². The molecule has 3 rings (SSSR count). The Kier molecular flexibility index (Phi) is 6.85. The molecule has 2 aromatic carbocycles. The van der Waals surface area contributed by atoms with Gasteiger partial charge >= 0.3 is 0 Å². The average Bonchev–Trinajstić information content (AvgIpc) is 3.08. The normalized spacial score (nSPS) is 17.4. The van der Waals surface area contributed by atoms with Gasteiger partial charge in [0.15, 0.2) is 5.17 Å². The number of hydrogen-bond acceptors (Lipinski definition) is 7. The number of amides is 2. The Bertz CT molecular complexity index is 927. The molecular formula is C20H20N4O4S. The van der Waals surface area contributed by atoms with Gasteiger partial charge in [-0.25, -0.2) is 0 Å². The van der Waals surface area contributed by atoms with Gasteiger partial charge in [0.2, 0.25) is 11.8 Å². The predicted molar refractivity (Wildman–Crippen MR) is 114 cm³/mol. The number of rotatable bonds is 7. The Morgan fingerprint density at radius 1 is 1.10 bits per heavy atom. The van der Waals surface area contributed by atoms with E-state index in [1.165, 1.54) is 11.8 Å². The molecule has 1 aliphatic heterocycles. The highest BCUT2D eigenvalue weighted by molar-refractivity contribution is 8.15. The number of methoxy groups -OCH3 is 2. The summed E-state index contributed by atoms with van der Waals surface area (Å²) in [7, 11) is 3.17. The van der Waals surface area contributed by atoms with Crippen molar-refractivity contribution in [1.29, 1.82) is 0 Å². The number of benzene rings is 2. The summed E-state index contributed by atoms with van der Waals surface area (Å²) < 4.78 is 10.2. The van der Waals surface area contributed by atoms with Crippen molar-refractivity contribution in [3.8, 4) is 11.5 Å². The van der Waals surface area contributed by atoms with Crippen LogP contribution in [0.5, 0.6) is 11.5 Å². The summed E-state index contributed by atoms with van der Waals surface area (Å²) >= 11 is 1.18. The second kappa shape index (κ2) is 9.74. The maximum Gasteiger partial charge on any atom is 0.240 e. The van der Waals surface area contributed by atoms with E-state index in [4.69, 9.17) is 9.47 Å². The number of nitrogens with zero attached hydrogens (tertiary/aromatic N) is 2. The minimum atomic E-state index is -0.553. The molecular weight excluding hydrogens is 392 g/mol. The van der Waals surface area contributed by atoms with Crippen molar-refractivity contribution in [1.82, 2.24) is 5.32 Å². The summed E-state index contributed by atoms with van der Waals surface area (Å²) in [6.07, 6.45) is 1.60. The molecule has 1 saturated heterocycles. The first-order valence-electron chi connectivity index (χ1n) is 8.74. The smallest absolute Gasteiger partial charge is 0.240 e. The molecule has 1 heterocycles. The molecule has 8 nitrogen and oxygen atoms in total. The van der Waals surface area contributed by atoms with Crippen LogP contribution in [0.15, 0.2) is 58.7 Å². The Hall–Kier alpha value is -3.33. The fourth-order valence-corrected chi connectivity index (χ4v) is 3.40. The van der Waals surface area contributed by atoms with E-state index in [2.05, 4.69) is 20.8 Å². The summed E-state index contributed by atoms with van der Waals surface area (Å²) in [5.74, 6) is 0.927. The fraction of sp³-hybridized carbons (Fsp3) is 0.200. The molecule has 0 unspecified atom stereocenters. The van der Waals surface area contributed by atoms with Crippen LogP contribution in [0.25, 0.3) is 0 Å². The van der Waals surface area contributed by atoms with Gasteiger partial charge in [0, 0.05) is 12.1 Å². The second-order valence-corrected chi connectivity index (χ2v) is 7.19. The zero-order valence-electron chi connectivity index (χ0n) is 15.9. The van der Waals surface area contributed by atoms with Crippen LogP contribution in [0, 0.1) is 0 Å². The first-order valence-corrected chi connectivity index (χ1v) is 9.62. The van der Waals surface area contributed by atoms with Crippen molar-refractivity contribution in [3.63, 3.8) is 0 Å². The van der Waals surface area contributed by atoms with E-state index in [0.29, 0.717) is 16.6 Å². The van der Waals surface area contributed by atoms with Crippen molar-refractivity contribution < 1.29 is 19.1 Å². The minimum absolute atomic E-state index is 0.0315. The SMILES string of the molecule is COc1ccc(/C=N\N=C2/NC(=O)[C@H](CC(=O)Nc3ccc(OC)cc3)S2)cc1. The second-order valence-electron chi connectivity index (χ2n) is 6.00. The molecule has 2 amide bonds. The number of ether oxygens (including phenoxy) is 2. The summed E-state index contributed by atoms with van der Waals surface area (Å²) in [6, 6.07) is 14.3. The van der Waals surface area contributed by atoms with E-state index in [1.807, 2.05) is 24.3 Å². The van der Waals surface area contributed by atoms with Gasteiger partial charge in [0.05, 0.1) is 20.4 Å². The molecule has 2 N–H and O–H groups in total. The zero-order chi connectivity index (χ0) is 20.6. The van der Waals surface area contributed by atoms with Crippen LogP contribution in [0.1, 0.15) is 12.0 Å². The average molecular weight is 412 g/mol. The van der Waals surface area contributed by atoms with Crippen LogP contribution in [0.2, 0.25) is 0 Å². The van der Waals surface area contributed by atoms with Crippen molar-refractivity contribution in [2.75, 3.05) is 19.5 Å². The van der Waals surface area contributed by atoms with Gasteiger partial charge in [-0.3, -0.25) is 9.59 Å². The molecule has 29 heavy (non-hydrogen) atoms. The summed E-state index contributed by atoms with van der Waals surface area (Å²) in [6.45, 7) is 0. The third-order valence-corrected chi connectivity index (χ3v) is 5.06. The van der Waals surface area contributed by atoms with E-state index in [9.17, 15) is 9.59 Å². The topological polar surface area (TPSA) is 101 Å². The monoisotopic (exact) mass is 412 g/mol. The molecule has 0 spiro atoms. The number of nitrogens with one attached hydrogen (secondary N) is 2. The number of carbonyl (C=O) groups is 2. The van der Waals surface area contributed by atoms with E-state index in [1.54, 1.807) is 44.7 Å². The summed E-state index contributed by atoms with van der Waals surface area (Å²) in [4.78, 5) is 24.3. The van der Waals surface area contributed by atoms with Crippen molar-refractivity contribution in [2.24, 2.45) is 10.2 Å². The number of thioether (sulfide) groups is 1. The molecule has 0 bridgehead atoms. The maximum atomic E-state index is 12.2. The van der Waals surface area contributed by atoms with Gasteiger partial charge in [0.25, 0.3) is 0 Å². The van der Waals surface area contributed by atoms with Gasteiger partial charge in [-0.15, -0.1) is 5.10 Å². The predicted octanol–water partition coefficient (Wildman–Crippen LogP) is 2.65. The first-order chi connectivity index (χ1) is 14.1. The molecule has 1 atom stereocenters. The highest BCUT2D eigenvalue weighted by atomic mass is 32.2. The lowest BCUT2D eigenvalue weighted by Crippen LogP contribution is -2.28. The summed E-state index contributed by atoms with van der Waals surface area (Å²) in [5.41, 5.74) is 1.48. The van der Waals surface area contributed by atoms with Gasteiger partial charge in [-0.2, -0.15) is 5.10 Å². The van der Waals surface area contributed by atoms with E-state index >= 15 is 0 Å². The van der Waals surface area contributed by atoms with Crippen LogP contribution in [0.3, 0.4) is 0 Å². The largest absolute Gasteiger partial charge is 0.497 e. The maximum absolute atomic E-state index is 12.2. The van der Waals surface area contributed by atoms with E-state index in [0.717, 1.165) is 11.3 Å². The zero-order valence-corrected chi connectivity index (χ0v) is 16.7. The van der Waals surface area contributed by atoms with Gasteiger partial charge in [0.1, 0.15) is 16.7 Å². The van der Waals surface area contributed by atoms with Gasteiger partial charge < -0.3 is 20.1 Å². The van der Waals surface area contributed by atoms with Crippen molar-refractivity contribution >= 4 is 40.6 Å². The number of carbonyl (C=O) groups excluding carboxylic acids is 2. The van der Waals surface area contributed by atoms with Crippen LogP contribution < -0.4 is 20.1 Å². The Morgan fingerprint density at radius 3 is 2.34 bits per heavy atom. The van der Waals surface area contributed by atoms with Crippen molar-refractivity contribution in [2.45, 2.75) is 11.7 Å². The quantitative estimate of drug-likeness (QED) is 0.538. The lowest BCUT2D eigenvalue weighted by atomic mass is 10.2. The fourth-order valence-electron chi connectivity index (χ4n) is 2.48. The Labute approximate surface area is 172 Å². The molecule has 0 aromatic heterocycles. The molecule has 1 fully saturated rings. The Balaban J connectivity index is 1.52. The summed E-state index contributed by atoms with van der Waals surface area (Å²) in [5, 5.41) is 13.2. The highest BCUT2D eigenvalue weighted by Gasteiger charge is 2.32. The molecule has 2 aromatic rings. The molecule has 150 valence electrons. The van der Waals surface area contributed by atoms with Crippen LogP contribution in [0.4, 0.5) is 5.69 Å². The Morgan fingerprint density at radius 2 is 1.72 bits per heavy atom. The molecule has 0 saturated carbocycles. The minimum Gasteiger partial charge on any atom is -0.497 e. The van der Waals surface area contributed by atoms with Crippen LogP contribution in [-0.2, 0) is 9.59 Å². The van der Waals surface area contributed by atoms with Crippen molar-refractivity contribution in [3.05, 3.63) is 54.1 Å². The number of hydrogen-bond donors (Lipinski definition) is 2. The first kappa shape index (κ1) is 20.4. The van der Waals surface area contributed by atoms with E-state index in [-0.39, 0.29) is 18.2 Å². The third kappa shape index (κ3) is 5.82. The molecule has 1 aliphatic rings. The number of anilines is 1. The third-order valence-electron chi connectivity index (χ3n) is 3.99. The molecule has 9 heteroatoms. The highest BCUT2D eigenvalue weighted by Crippen LogP contribution is 2.23. The van der Waals surface area contributed by atoms with Gasteiger partial charge in [-0.05, 0) is 54.1 Å². The lowest BCUT2D eigenvalue weighted by Gasteiger charge is -2.08. The number of amidine groups is 1. The lowest BCUT2D eigenvalue weighted by molar-refractivity contribution is -0.122. The molecule has 0 aliphatic carbocycles. The van der Waals surface area contributed by atoms with Gasteiger partial charge in [-0.1, -0.05) is 11.8 Å². The standard InChI is InChI=1S/C20H20N4O4S/c1-27-15-7-3-13(4-8-15)12-21-24-20-23-19(26)17(29-20)11-18(25)22-14-5-9-16(28-2)10-6-14/h3-10,12,17H,11H2,1-2H3,(H,22,25)(H,23,24,26)/b21-12-/t17-/m0/s1. The van der Waals surface area contributed by atoms with Crippen LogP contribution in [-0.4, -0.2) is 42.7 Å². The molecule has 0 radical (unpaired) electrons. The van der Waals surface area contributed by atoms with E-state index < -0.39 is 5.25 Å².